The van der Waals surface area contributed by atoms with E-state index in [-0.39, 0.29) is 0 Å². The van der Waals surface area contributed by atoms with Crippen molar-refractivity contribution in [3.63, 3.8) is 0 Å². The van der Waals surface area contributed by atoms with Gasteiger partial charge in [-0.3, -0.25) is 0 Å². The number of pyridine rings is 1. The molecule has 4 rings (SSSR count). The third-order valence-electron chi connectivity index (χ3n) is 3.96. The van der Waals surface area contributed by atoms with Gasteiger partial charge in [-0.25, -0.2) is 4.98 Å². The number of halogens is 2. The molecule has 0 fully saturated rings. The maximum absolute atomic E-state index is 6.14. The molecule has 0 aliphatic heterocycles. The van der Waals surface area contributed by atoms with Crippen LogP contribution in [0.4, 0.5) is 22.9 Å². The molecule has 0 aliphatic carbocycles. The Morgan fingerprint density at radius 1 is 0.654 bits per heavy atom. The number of para-hydroxylation sites is 2. The van der Waals surface area contributed by atoms with E-state index < -0.39 is 0 Å². The molecule has 5 heteroatoms. The van der Waals surface area contributed by atoms with Gasteiger partial charge in [0.2, 0.25) is 0 Å². The lowest BCUT2D eigenvalue weighted by atomic mass is 10.1. The Morgan fingerprint density at radius 2 is 1.42 bits per heavy atom. The molecule has 1 aromatic heterocycles. The fourth-order valence-electron chi connectivity index (χ4n) is 2.74. The molecule has 0 spiro atoms. The third-order valence-corrected chi connectivity index (χ3v) is 4.70. The molecule has 4 aromatic rings. The van der Waals surface area contributed by atoms with Crippen LogP contribution < -0.4 is 10.6 Å². The van der Waals surface area contributed by atoms with Crippen LogP contribution in [0.5, 0.6) is 0 Å². The Labute approximate surface area is 161 Å². The minimum absolute atomic E-state index is 0.512. The van der Waals surface area contributed by atoms with Crippen molar-refractivity contribution in [2.75, 3.05) is 10.6 Å². The summed E-state index contributed by atoms with van der Waals surface area (Å²) in [5.74, 6) is 0.762. The Morgan fingerprint density at radius 3 is 2.23 bits per heavy atom. The molecule has 0 saturated heterocycles. The number of fused-ring (bicyclic) bond motifs is 1. The van der Waals surface area contributed by atoms with E-state index in [0.29, 0.717) is 10.0 Å². The quantitative estimate of drug-likeness (QED) is 0.399. The summed E-state index contributed by atoms with van der Waals surface area (Å²) < 4.78 is 0. The van der Waals surface area contributed by atoms with Gasteiger partial charge in [0.05, 0.1) is 21.2 Å². The smallest absolute Gasteiger partial charge is 0.133 e. The van der Waals surface area contributed by atoms with Crippen LogP contribution in [-0.2, 0) is 0 Å². The summed E-state index contributed by atoms with van der Waals surface area (Å²) in [6.07, 6.45) is 0. The predicted molar refractivity (Wildman–Crippen MR) is 111 cm³/mol. The Hall–Kier alpha value is -2.75. The fourth-order valence-corrected chi connectivity index (χ4v) is 3.04. The molecule has 2 N–H and O–H groups in total. The minimum atomic E-state index is 0.512. The van der Waals surface area contributed by atoms with Crippen molar-refractivity contribution < 1.29 is 0 Å². The molecule has 1 heterocycles. The molecule has 0 atom stereocenters. The second-order valence-electron chi connectivity index (χ2n) is 5.82. The van der Waals surface area contributed by atoms with Gasteiger partial charge in [0.25, 0.3) is 0 Å². The van der Waals surface area contributed by atoms with Crippen molar-refractivity contribution in [3.05, 3.63) is 88.9 Å². The van der Waals surface area contributed by atoms with E-state index in [1.54, 1.807) is 6.07 Å². The highest BCUT2D eigenvalue weighted by atomic mass is 35.5. The van der Waals surface area contributed by atoms with Crippen LogP contribution in [0.3, 0.4) is 0 Å². The number of hydrogen-bond donors (Lipinski definition) is 2. The van der Waals surface area contributed by atoms with Gasteiger partial charge >= 0.3 is 0 Å². The van der Waals surface area contributed by atoms with Crippen molar-refractivity contribution in [1.29, 1.82) is 0 Å². The van der Waals surface area contributed by atoms with Gasteiger partial charge in [-0.05, 0) is 36.4 Å². The zero-order chi connectivity index (χ0) is 17.9. The Balaban J connectivity index is 1.75. The van der Waals surface area contributed by atoms with Gasteiger partial charge in [0.15, 0.2) is 0 Å². The van der Waals surface area contributed by atoms with Crippen LogP contribution in [0, 0.1) is 0 Å². The number of anilines is 4. The number of nitrogens with one attached hydrogen (secondary N) is 2. The molecular formula is C21H15Cl2N3. The molecule has 0 amide bonds. The van der Waals surface area contributed by atoms with Crippen LogP contribution in [0.2, 0.25) is 10.0 Å². The summed E-state index contributed by atoms with van der Waals surface area (Å²) in [5, 5.41) is 8.83. The number of aromatic nitrogens is 1. The Bertz CT molecular complexity index is 1070. The number of hydrogen-bond acceptors (Lipinski definition) is 3. The van der Waals surface area contributed by atoms with E-state index in [1.807, 2.05) is 72.8 Å². The van der Waals surface area contributed by atoms with Crippen LogP contribution in [-0.4, -0.2) is 4.98 Å². The third kappa shape index (κ3) is 3.59. The molecule has 0 unspecified atom stereocenters. The van der Waals surface area contributed by atoms with E-state index in [9.17, 15) is 0 Å². The fraction of sp³-hybridized carbons (Fsp3) is 0. The van der Waals surface area contributed by atoms with Crippen molar-refractivity contribution in [3.8, 4) is 0 Å². The SMILES string of the molecule is Clc1ccc(Nc2cc(Nc3ccccc3)nc3ccccc23)cc1Cl. The van der Waals surface area contributed by atoms with E-state index >= 15 is 0 Å². The molecule has 26 heavy (non-hydrogen) atoms. The van der Waals surface area contributed by atoms with E-state index in [2.05, 4.69) is 10.6 Å². The highest BCUT2D eigenvalue weighted by Gasteiger charge is 2.08. The monoisotopic (exact) mass is 379 g/mol. The van der Waals surface area contributed by atoms with Crippen molar-refractivity contribution in [2.24, 2.45) is 0 Å². The first-order valence-corrected chi connectivity index (χ1v) is 8.88. The zero-order valence-corrected chi connectivity index (χ0v) is 15.2. The Kier molecular flexibility index (Phi) is 4.65. The molecule has 3 nitrogen and oxygen atoms in total. The van der Waals surface area contributed by atoms with Crippen molar-refractivity contribution in [2.45, 2.75) is 0 Å². The average molecular weight is 380 g/mol. The summed E-state index contributed by atoms with van der Waals surface area (Å²) >= 11 is 12.2. The lowest BCUT2D eigenvalue weighted by molar-refractivity contribution is 1.37. The maximum Gasteiger partial charge on any atom is 0.133 e. The van der Waals surface area contributed by atoms with Gasteiger partial charge < -0.3 is 10.6 Å². The van der Waals surface area contributed by atoms with Crippen LogP contribution in [0.15, 0.2) is 78.9 Å². The topological polar surface area (TPSA) is 37.0 Å². The van der Waals surface area contributed by atoms with Crippen molar-refractivity contribution >= 4 is 57.0 Å². The van der Waals surface area contributed by atoms with Gasteiger partial charge in [0.1, 0.15) is 5.82 Å². The average Bonchev–Trinajstić information content (AvgIpc) is 2.66. The largest absolute Gasteiger partial charge is 0.355 e. The van der Waals surface area contributed by atoms with E-state index in [4.69, 9.17) is 28.2 Å². The van der Waals surface area contributed by atoms with Crippen LogP contribution in [0.1, 0.15) is 0 Å². The molecule has 0 saturated carbocycles. The highest BCUT2D eigenvalue weighted by molar-refractivity contribution is 6.42. The molecule has 0 radical (unpaired) electrons. The second-order valence-corrected chi connectivity index (χ2v) is 6.63. The first-order valence-electron chi connectivity index (χ1n) is 8.13. The first-order chi connectivity index (χ1) is 12.7. The lowest BCUT2D eigenvalue weighted by Gasteiger charge is -2.13. The molecule has 0 aliphatic rings. The first kappa shape index (κ1) is 16.7. The van der Waals surface area contributed by atoms with Gasteiger partial charge in [-0.2, -0.15) is 0 Å². The van der Waals surface area contributed by atoms with Gasteiger partial charge in [-0.15, -0.1) is 0 Å². The standard InChI is InChI=1S/C21H15Cl2N3/c22-17-11-10-15(12-18(17)23)24-20-13-21(25-14-6-2-1-3-7-14)26-19-9-5-4-8-16(19)20/h1-13H,(H2,24,25,26). The highest BCUT2D eigenvalue weighted by Crippen LogP contribution is 2.32. The summed E-state index contributed by atoms with van der Waals surface area (Å²) in [5.41, 5.74) is 3.68. The summed E-state index contributed by atoms with van der Waals surface area (Å²) in [7, 11) is 0. The number of benzene rings is 3. The number of nitrogens with zero attached hydrogens (tertiary/aromatic N) is 1. The van der Waals surface area contributed by atoms with Crippen molar-refractivity contribution in [1.82, 2.24) is 4.98 Å². The van der Waals surface area contributed by atoms with Gasteiger partial charge in [0, 0.05) is 22.8 Å². The predicted octanol–water partition coefficient (Wildman–Crippen LogP) is 7.03. The number of rotatable bonds is 4. The molecular weight excluding hydrogens is 365 g/mol. The van der Waals surface area contributed by atoms with Crippen LogP contribution >= 0.6 is 23.2 Å². The van der Waals surface area contributed by atoms with E-state index in [0.717, 1.165) is 33.8 Å². The van der Waals surface area contributed by atoms with Crippen LogP contribution in [0.25, 0.3) is 10.9 Å². The normalized spacial score (nSPS) is 10.7. The minimum Gasteiger partial charge on any atom is -0.355 e. The maximum atomic E-state index is 6.14. The lowest BCUT2D eigenvalue weighted by Crippen LogP contribution is -1.98. The molecule has 3 aromatic carbocycles. The zero-order valence-electron chi connectivity index (χ0n) is 13.7. The second kappa shape index (κ2) is 7.24. The summed E-state index contributed by atoms with van der Waals surface area (Å²) in [6.45, 7) is 0. The summed E-state index contributed by atoms with van der Waals surface area (Å²) in [4.78, 5) is 4.71. The molecule has 128 valence electrons. The van der Waals surface area contributed by atoms with E-state index in [1.165, 1.54) is 0 Å². The summed E-state index contributed by atoms with van der Waals surface area (Å²) in [6, 6.07) is 25.4. The van der Waals surface area contributed by atoms with Gasteiger partial charge in [-0.1, -0.05) is 59.6 Å². The molecule has 0 bridgehead atoms.